The van der Waals surface area contributed by atoms with Crippen molar-refractivity contribution in [1.29, 1.82) is 0 Å². The van der Waals surface area contributed by atoms with Crippen molar-refractivity contribution in [2.45, 2.75) is 44.9 Å². The van der Waals surface area contributed by atoms with Gasteiger partial charge < -0.3 is 4.90 Å². The zero-order chi connectivity index (χ0) is 13.3. The van der Waals surface area contributed by atoms with Gasteiger partial charge in [-0.2, -0.15) is 11.8 Å². The number of anilines is 1. The Kier molecular flexibility index (Phi) is 4.54. The summed E-state index contributed by atoms with van der Waals surface area (Å²) in [5.41, 5.74) is 0. The van der Waals surface area contributed by atoms with E-state index in [1.807, 2.05) is 17.8 Å². The summed E-state index contributed by atoms with van der Waals surface area (Å²) in [6, 6.07) is 2.55. The van der Waals surface area contributed by atoms with Gasteiger partial charge in [0.15, 0.2) is 0 Å². The molecule has 1 saturated heterocycles. The van der Waals surface area contributed by atoms with E-state index in [1.165, 1.54) is 5.75 Å². The van der Waals surface area contributed by atoms with Crippen LogP contribution in [0.15, 0.2) is 10.7 Å². The van der Waals surface area contributed by atoms with E-state index in [-0.39, 0.29) is 0 Å². The highest BCUT2D eigenvalue weighted by Crippen LogP contribution is 2.29. The normalized spacial score (nSPS) is 24.7. The van der Waals surface area contributed by atoms with Gasteiger partial charge in [0.1, 0.15) is 16.2 Å². The van der Waals surface area contributed by atoms with Crippen LogP contribution in [-0.2, 0) is 0 Å². The number of thioether (sulfide) groups is 1. The van der Waals surface area contributed by atoms with Gasteiger partial charge in [0, 0.05) is 35.6 Å². The Balaban J connectivity index is 2.32. The molecule has 0 spiro atoms. The summed E-state index contributed by atoms with van der Waals surface area (Å²) in [7, 11) is 0. The molecule has 2 heterocycles. The highest BCUT2D eigenvalue weighted by Gasteiger charge is 2.26. The van der Waals surface area contributed by atoms with Crippen molar-refractivity contribution in [3.63, 3.8) is 0 Å². The summed E-state index contributed by atoms with van der Waals surface area (Å²) >= 11 is 5.54. The van der Waals surface area contributed by atoms with Crippen molar-refractivity contribution in [3.05, 3.63) is 16.5 Å². The third kappa shape index (κ3) is 2.99. The maximum Gasteiger partial charge on any atom is 0.134 e. The molecule has 0 radical (unpaired) electrons. The molecule has 5 heteroatoms. The first kappa shape index (κ1) is 14.1. The molecule has 0 aliphatic carbocycles. The predicted molar refractivity (Wildman–Crippen MR) is 82.5 cm³/mol. The van der Waals surface area contributed by atoms with Crippen LogP contribution in [0.5, 0.6) is 0 Å². The zero-order valence-corrected chi connectivity index (χ0v) is 13.8. The lowest BCUT2D eigenvalue weighted by atomic mass is 10.2. The fraction of sp³-hybridized carbons (Fsp3) is 0.692. The van der Waals surface area contributed by atoms with E-state index < -0.39 is 0 Å². The van der Waals surface area contributed by atoms with Crippen molar-refractivity contribution < 1.29 is 0 Å². The molecule has 1 aliphatic rings. The maximum atomic E-state index is 4.72. The van der Waals surface area contributed by atoms with Crippen LogP contribution in [-0.4, -0.2) is 33.6 Å². The molecule has 2 atom stereocenters. The number of halogens is 1. The minimum Gasteiger partial charge on any atom is -0.352 e. The third-order valence-electron chi connectivity index (χ3n) is 3.39. The van der Waals surface area contributed by atoms with Crippen molar-refractivity contribution in [3.8, 4) is 0 Å². The molecule has 0 aromatic carbocycles. The van der Waals surface area contributed by atoms with Crippen LogP contribution in [0.25, 0.3) is 0 Å². The van der Waals surface area contributed by atoms with Crippen molar-refractivity contribution in [2.75, 3.05) is 17.2 Å². The lowest BCUT2D eigenvalue weighted by Crippen LogP contribution is -2.45. The van der Waals surface area contributed by atoms with Crippen LogP contribution < -0.4 is 4.90 Å². The van der Waals surface area contributed by atoms with E-state index >= 15 is 0 Å². The topological polar surface area (TPSA) is 29.0 Å². The van der Waals surface area contributed by atoms with Crippen LogP contribution in [0.1, 0.15) is 39.4 Å². The highest BCUT2D eigenvalue weighted by atomic mass is 79.9. The summed E-state index contributed by atoms with van der Waals surface area (Å²) in [5, 5.41) is 0.648. The molecular formula is C13H20BrN3S. The van der Waals surface area contributed by atoms with E-state index in [0.29, 0.717) is 17.2 Å². The van der Waals surface area contributed by atoms with Gasteiger partial charge in [0.2, 0.25) is 0 Å². The second-order valence-corrected chi connectivity index (χ2v) is 7.37. The summed E-state index contributed by atoms with van der Waals surface area (Å²) < 4.78 is 0.884. The first-order valence-corrected chi connectivity index (χ1v) is 8.26. The van der Waals surface area contributed by atoms with Crippen LogP contribution in [0.2, 0.25) is 0 Å². The third-order valence-corrected chi connectivity index (χ3v) is 5.14. The second-order valence-electron chi connectivity index (χ2n) is 5.07. The number of aromatic nitrogens is 2. The average Bonchev–Trinajstić information content (AvgIpc) is 2.31. The van der Waals surface area contributed by atoms with Crippen molar-refractivity contribution in [2.24, 2.45) is 0 Å². The summed E-state index contributed by atoms with van der Waals surface area (Å²) in [5.74, 6) is 3.50. The molecule has 1 aliphatic heterocycles. The molecule has 1 aromatic heterocycles. The van der Waals surface area contributed by atoms with E-state index in [4.69, 9.17) is 4.98 Å². The molecule has 18 heavy (non-hydrogen) atoms. The molecule has 2 unspecified atom stereocenters. The molecular weight excluding hydrogens is 310 g/mol. The molecule has 0 saturated carbocycles. The number of hydrogen-bond donors (Lipinski definition) is 0. The van der Waals surface area contributed by atoms with E-state index in [1.54, 1.807) is 0 Å². The minimum absolute atomic E-state index is 0.355. The number of nitrogens with zero attached hydrogens (tertiary/aromatic N) is 3. The summed E-state index contributed by atoms with van der Waals surface area (Å²) in [6.45, 7) is 9.90. The fourth-order valence-corrected chi connectivity index (χ4v) is 3.57. The van der Waals surface area contributed by atoms with Crippen LogP contribution in [0.3, 0.4) is 0 Å². The SMILES string of the molecule is CC(C)c1nc(Br)cc(N2CCSC(C)C2C)n1. The van der Waals surface area contributed by atoms with E-state index in [0.717, 1.165) is 22.8 Å². The Hall–Kier alpha value is -0.290. The summed E-state index contributed by atoms with van der Waals surface area (Å²) in [6.07, 6.45) is 0. The predicted octanol–water partition coefficient (Wildman–Crippen LogP) is 3.69. The Labute approximate surface area is 122 Å². The Morgan fingerprint density at radius 1 is 1.39 bits per heavy atom. The lowest BCUT2D eigenvalue weighted by molar-refractivity contribution is 0.614. The van der Waals surface area contributed by atoms with Gasteiger partial charge in [-0.25, -0.2) is 9.97 Å². The molecule has 0 amide bonds. The smallest absolute Gasteiger partial charge is 0.134 e. The van der Waals surface area contributed by atoms with Crippen molar-refractivity contribution >= 4 is 33.5 Å². The quantitative estimate of drug-likeness (QED) is 0.774. The molecule has 100 valence electrons. The Morgan fingerprint density at radius 2 is 2.11 bits per heavy atom. The average molecular weight is 330 g/mol. The van der Waals surface area contributed by atoms with Crippen LogP contribution >= 0.6 is 27.7 Å². The standard InChI is InChI=1S/C13H20BrN3S/c1-8(2)13-15-11(14)7-12(16-13)17-5-6-18-10(4)9(17)3/h7-10H,5-6H2,1-4H3. The molecule has 1 fully saturated rings. The van der Waals surface area contributed by atoms with Gasteiger partial charge >= 0.3 is 0 Å². The first-order chi connectivity index (χ1) is 8.49. The lowest BCUT2D eigenvalue weighted by Gasteiger charge is -2.38. The number of hydrogen-bond acceptors (Lipinski definition) is 4. The van der Waals surface area contributed by atoms with Gasteiger partial charge in [-0.15, -0.1) is 0 Å². The molecule has 1 aromatic rings. The van der Waals surface area contributed by atoms with Crippen molar-refractivity contribution in [1.82, 2.24) is 9.97 Å². The molecule has 0 bridgehead atoms. The highest BCUT2D eigenvalue weighted by molar-refractivity contribution is 9.10. The number of rotatable bonds is 2. The van der Waals surface area contributed by atoms with E-state index in [2.05, 4.69) is 53.5 Å². The minimum atomic E-state index is 0.355. The molecule has 3 nitrogen and oxygen atoms in total. The van der Waals surface area contributed by atoms with Gasteiger partial charge in [0.05, 0.1) is 0 Å². The van der Waals surface area contributed by atoms with Gasteiger partial charge in [-0.1, -0.05) is 20.8 Å². The monoisotopic (exact) mass is 329 g/mol. The van der Waals surface area contributed by atoms with Crippen LogP contribution in [0, 0.1) is 0 Å². The fourth-order valence-electron chi connectivity index (χ4n) is 2.08. The van der Waals surface area contributed by atoms with E-state index in [9.17, 15) is 0 Å². The molecule has 0 N–H and O–H groups in total. The largest absolute Gasteiger partial charge is 0.352 e. The first-order valence-electron chi connectivity index (χ1n) is 6.41. The summed E-state index contributed by atoms with van der Waals surface area (Å²) in [4.78, 5) is 11.6. The van der Waals surface area contributed by atoms with Crippen LogP contribution in [0.4, 0.5) is 5.82 Å². The Morgan fingerprint density at radius 3 is 2.78 bits per heavy atom. The van der Waals surface area contributed by atoms with Gasteiger partial charge in [-0.3, -0.25) is 0 Å². The Bertz CT molecular complexity index is 425. The van der Waals surface area contributed by atoms with Gasteiger partial charge in [0.25, 0.3) is 0 Å². The zero-order valence-electron chi connectivity index (χ0n) is 11.4. The van der Waals surface area contributed by atoms with Gasteiger partial charge in [-0.05, 0) is 22.9 Å². The maximum absolute atomic E-state index is 4.72. The molecule has 2 rings (SSSR count). The second kappa shape index (κ2) is 5.78.